The molecule has 1 aliphatic heterocycles. The Morgan fingerprint density at radius 3 is 2.87 bits per heavy atom. The number of hydrogen-bond donors (Lipinski definition) is 3. The number of fused-ring (bicyclic) bond motifs is 1. The largest absolute Gasteiger partial charge is 0.391 e. The van der Waals surface area contributed by atoms with Crippen LogP contribution in [-0.2, 0) is 0 Å². The minimum Gasteiger partial charge on any atom is -0.391 e. The van der Waals surface area contributed by atoms with Crippen molar-refractivity contribution in [3.63, 3.8) is 0 Å². The van der Waals surface area contributed by atoms with E-state index in [1.807, 2.05) is 0 Å². The molecule has 0 bridgehead atoms. The molecule has 162 valence electrons. The Hall–Kier alpha value is -3.14. The molecular formula is C21H22F2N6O2. The molecule has 5 rings (SSSR count). The molecule has 1 aromatic carbocycles. The maximum Gasteiger partial charge on any atom is 0.275 e. The SMILES string of the molecule is O=C(c1n[nH]c2ncnc(N[C@@H]3CCC[C@H]3O)c12)N1CCCC1c1cc(F)ccc1F. The monoisotopic (exact) mass is 428 g/mol. The van der Waals surface area contributed by atoms with Gasteiger partial charge < -0.3 is 15.3 Å². The zero-order chi connectivity index (χ0) is 21.5. The van der Waals surface area contributed by atoms with Gasteiger partial charge in [0, 0.05) is 12.1 Å². The van der Waals surface area contributed by atoms with Crippen molar-refractivity contribution in [3.05, 3.63) is 47.4 Å². The number of aromatic amines is 1. The highest BCUT2D eigenvalue weighted by molar-refractivity contribution is 6.07. The van der Waals surface area contributed by atoms with Crippen LogP contribution < -0.4 is 5.32 Å². The molecule has 2 aromatic heterocycles. The maximum absolute atomic E-state index is 14.4. The van der Waals surface area contributed by atoms with Gasteiger partial charge in [-0.1, -0.05) is 0 Å². The summed E-state index contributed by atoms with van der Waals surface area (Å²) in [5.74, 6) is -1.07. The van der Waals surface area contributed by atoms with Crippen LogP contribution in [0.15, 0.2) is 24.5 Å². The number of carbonyl (C=O) groups is 1. The summed E-state index contributed by atoms with van der Waals surface area (Å²) < 4.78 is 28.2. The van der Waals surface area contributed by atoms with Gasteiger partial charge in [0.2, 0.25) is 0 Å². The summed E-state index contributed by atoms with van der Waals surface area (Å²) in [5.41, 5.74) is 0.671. The normalized spacial score (nSPS) is 23.6. The Labute approximate surface area is 176 Å². The zero-order valence-corrected chi connectivity index (χ0v) is 16.7. The Morgan fingerprint density at radius 2 is 2.06 bits per heavy atom. The molecule has 3 atom stereocenters. The van der Waals surface area contributed by atoms with Crippen molar-refractivity contribution in [3.8, 4) is 0 Å². The number of aliphatic hydroxyl groups is 1. The fraction of sp³-hybridized carbons (Fsp3) is 0.429. The number of nitrogens with zero attached hydrogens (tertiary/aromatic N) is 4. The van der Waals surface area contributed by atoms with Crippen molar-refractivity contribution >= 4 is 22.8 Å². The molecule has 1 saturated carbocycles. The van der Waals surface area contributed by atoms with E-state index in [1.165, 1.54) is 11.2 Å². The second-order valence-corrected chi connectivity index (χ2v) is 8.09. The van der Waals surface area contributed by atoms with Crippen molar-refractivity contribution in [1.82, 2.24) is 25.1 Å². The van der Waals surface area contributed by atoms with Crippen molar-refractivity contribution in [2.75, 3.05) is 11.9 Å². The molecule has 2 fully saturated rings. The highest BCUT2D eigenvalue weighted by atomic mass is 19.1. The predicted octanol–water partition coefficient (Wildman–Crippen LogP) is 2.93. The molecule has 1 saturated heterocycles. The lowest BCUT2D eigenvalue weighted by molar-refractivity contribution is 0.0729. The minimum atomic E-state index is -0.576. The van der Waals surface area contributed by atoms with E-state index >= 15 is 0 Å². The highest BCUT2D eigenvalue weighted by Gasteiger charge is 2.35. The van der Waals surface area contributed by atoms with Gasteiger partial charge in [-0.05, 0) is 50.3 Å². The van der Waals surface area contributed by atoms with Crippen molar-refractivity contribution in [2.24, 2.45) is 0 Å². The van der Waals surface area contributed by atoms with Gasteiger partial charge in [0.15, 0.2) is 11.3 Å². The molecule has 3 aromatic rings. The third-order valence-corrected chi connectivity index (χ3v) is 6.19. The van der Waals surface area contributed by atoms with Gasteiger partial charge in [-0.2, -0.15) is 5.10 Å². The molecule has 1 aliphatic carbocycles. The molecule has 0 radical (unpaired) electrons. The zero-order valence-electron chi connectivity index (χ0n) is 16.7. The number of hydrogen-bond acceptors (Lipinski definition) is 6. The predicted molar refractivity (Wildman–Crippen MR) is 108 cm³/mol. The van der Waals surface area contributed by atoms with Gasteiger partial charge in [0.1, 0.15) is 23.8 Å². The molecular weight excluding hydrogens is 406 g/mol. The van der Waals surface area contributed by atoms with Crippen molar-refractivity contribution in [2.45, 2.75) is 50.3 Å². The first kappa shape index (κ1) is 19.8. The number of nitrogens with one attached hydrogen (secondary N) is 2. The fourth-order valence-corrected chi connectivity index (χ4v) is 4.65. The molecule has 3 heterocycles. The smallest absolute Gasteiger partial charge is 0.275 e. The van der Waals surface area contributed by atoms with Crippen molar-refractivity contribution < 1.29 is 18.7 Å². The van der Waals surface area contributed by atoms with Gasteiger partial charge in [-0.15, -0.1) is 0 Å². The average molecular weight is 428 g/mol. The van der Waals surface area contributed by atoms with Gasteiger partial charge in [0.25, 0.3) is 5.91 Å². The molecule has 3 N–H and O–H groups in total. The van der Waals surface area contributed by atoms with E-state index in [2.05, 4.69) is 25.5 Å². The standard InChI is InChI=1S/C21H22F2N6O2/c22-11-6-7-13(23)12(9-11)15-4-2-8-29(15)21(31)18-17-19(24-10-25-20(17)28-27-18)26-14-3-1-5-16(14)30/h6-7,9-10,14-16,30H,1-5,8H2,(H2,24,25,26,27,28)/t14-,15?,16-/m1/s1. The van der Waals surface area contributed by atoms with Crippen LogP contribution in [0.25, 0.3) is 11.0 Å². The van der Waals surface area contributed by atoms with Gasteiger partial charge in [-0.25, -0.2) is 18.7 Å². The first-order valence-corrected chi connectivity index (χ1v) is 10.4. The molecule has 8 nitrogen and oxygen atoms in total. The lowest BCUT2D eigenvalue weighted by Gasteiger charge is -2.25. The number of H-pyrrole nitrogens is 1. The third-order valence-electron chi connectivity index (χ3n) is 6.19. The van der Waals surface area contributed by atoms with E-state index in [0.717, 1.165) is 31.0 Å². The van der Waals surface area contributed by atoms with Crippen LogP contribution in [0.5, 0.6) is 0 Å². The highest BCUT2D eigenvalue weighted by Crippen LogP contribution is 2.36. The van der Waals surface area contributed by atoms with Crippen LogP contribution in [-0.4, -0.2) is 54.8 Å². The number of aromatic nitrogens is 4. The van der Waals surface area contributed by atoms with Gasteiger partial charge in [-0.3, -0.25) is 9.89 Å². The van der Waals surface area contributed by atoms with Crippen LogP contribution in [0.2, 0.25) is 0 Å². The molecule has 0 spiro atoms. The molecule has 1 amide bonds. The first-order valence-electron chi connectivity index (χ1n) is 10.4. The summed E-state index contributed by atoms with van der Waals surface area (Å²) in [5, 5.41) is 20.7. The van der Waals surface area contributed by atoms with Gasteiger partial charge in [0.05, 0.1) is 23.6 Å². The Kier molecular flexibility index (Phi) is 5.01. The van der Waals surface area contributed by atoms with E-state index in [0.29, 0.717) is 42.7 Å². The van der Waals surface area contributed by atoms with Gasteiger partial charge >= 0.3 is 0 Å². The van der Waals surface area contributed by atoms with Crippen LogP contribution in [0.3, 0.4) is 0 Å². The second-order valence-electron chi connectivity index (χ2n) is 8.09. The van der Waals surface area contributed by atoms with Crippen LogP contribution in [0.4, 0.5) is 14.6 Å². The van der Waals surface area contributed by atoms with Crippen molar-refractivity contribution in [1.29, 1.82) is 0 Å². The van der Waals surface area contributed by atoms with Crippen LogP contribution in [0.1, 0.15) is 54.2 Å². The van der Waals surface area contributed by atoms with E-state index in [-0.39, 0.29) is 17.3 Å². The Morgan fingerprint density at radius 1 is 1.19 bits per heavy atom. The number of benzene rings is 1. The first-order chi connectivity index (χ1) is 15.0. The van der Waals surface area contributed by atoms with E-state index in [4.69, 9.17) is 0 Å². The number of likely N-dealkylation sites (tertiary alicyclic amines) is 1. The topological polar surface area (TPSA) is 107 Å². The summed E-state index contributed by atoms with van der Waals surface area (Å²) in [4.78, 5) is 23.4. The average Bonchev–Trinajstić information content (AvgIpc) is 3.50. The lowest BCUT2D eigenvalue weighted by Crippen LogP contribution is -2.32. The summed E-state index contributed by atoms with van der Waals surface area (Å²) in [7, 11) is 0. The number of halogens is 2. The number of anilines is 1. The maximum atomic E-state index is 14.4. The molecule has 31 heavy (non-hydrogen) atoms. The fourth-order valence-electron chi connectivity index (χ4n) is 4.65. The van der Waals surface area contributed by atoms with Crippen LogP contribution in [0, 0.1) is 11.6 Å². The molecule has 1 unspecified atom stereocenters. The Balaban J connectivity index is 1.50. The minimum absolute atomic E-state index is 0.120. The van der Waals surface area contributed by atoms with Crippen LogP contribution >= 0.6 is 0 Å². The Bertz CT molecular complexity index is 1140. The summed E-state index contributed by atoms with van der Waals surface area (Å²) in [6, 6.07) is 2.54. The number of aliphatic hydroxyl groups excluding tert-OH is 1. The third kappa shape index (κ3) is 3.50. The molecule has 2 aliphatic rings. The van der Waals surface area contributed by atoms with E-state index in [1.54, 1.807) is 0 Å². The summed E-state index contributed by atoms with van der Waals surface area (Å²) >= 11 is 0. The van der Waals surface area contributed by atoms with E-state index < -0.39 is 29.7 Å². The van der Waals surface area contributed by atoms with E-state index in [9.17, 15) is 18.7 Å². The summed E-state index contributed by atoms with van der Waals surface area (Å²) in [6.45, 7) is 0.408. The second kappa shape index (κ2) is 7.84. The quantitative estimate of drug-likeness (QED) is 0.590. The number of rotatable bonds is 4. The molecule has 10 heteroatoms. The number of amides is 1. The number of carbonyl (C=O) groups excluding carboxylic acids is 1. The lowest BCUT2D eigenvalue weighted by atomic mass is 10.0. The summed E-state index contributed by atoms with van der Waals surface area (Å²) in [6.07, 6.45) is 4.47.